The molecular formula is C9H13NO3S. The summed E-state index contributed by atoms with van der Waals surface area (Å²) in [5.41, 5.74) is 5.98. The monoisotopic (exact) mass is 215 g/mol. The predicted molar refractivity (Wildman–Crippen MR) is 55.3 cm³/mol. The summed E-state index contributed by atoms with van der Waals surface area (Å²) in [4.78, 5) is 11.8. The van der Waals surface area contributed by atoms with Gasteiger partial charge in [0.05, 0.1) is 12.3 Å². The van der Waals surface area contributed by atoms with E-state index >= 15 is 0 Å². The molecule has 78 valence electrons. The zero-order chi connectivity index (χ0) is 10.6. The highest BCUT2D eigenvalue weighted by molar-refractivity contribution is 7.12. The van der Waals surface area contributed by atoms with Crippen LogP contribution in [0.1, 0.15) is 16.6 Å². The zero-order valence-electron chi connectivity index (χ0n) is 7.90. The molecule has 0 bridgehead atoms. The van der Waals surface area contributed by atoms with E-state index in [9.17, 15) is 4.79 Å². The normalized spacial score (nSPS) is 12.4. The number of hydrogen-bond donors (Lipinski definition) is 2. The van der Waals surface area contributed by atoms with Crippen LogP contribution >= 0.6 is 11.3 Å². The molecule has 1 atom stereocenters. The van der Waals surface area contributed by atoms with Crippen LogP contribution in [0.5, 0.6) is 0 Å². The molecule has 1 rings (SSSR count). The molecule has 0 aliphatic rings. The van der Waals surface area contributed by atoms with E-state index in [0.717, 1.165) is 0 Å². The molecule has 4 nitrogen and oxygen atoms in total. The third-order valence-electron chi connectivity index (χ3n) is 1.69. The van der Waals surface area contributed by atoms with Crippen molar-refractivity contribution in [1.82, 2.24) is 0 Å². The van der Waals surface area contributed by atoms with Gasteiger partial charge in [0.1, 0.15) is 4.88 Å². The van der Waals surface area contributed by atoms with E-state index in [1.54, 1.807) is 18.4 Å². The molecule has 0 saturated carbocycles. The number of rotatable bonds is 4. The Morgan fingerprint density at radius 3 is 3.00 bits per heavy atom. The lowest BCUT2D eigenvalue weighted by molar-refractivity contribution is 0.0412. The van der Waals surface area contributed by atoms with Gasteiger partial charge in [-0.25, -0.2) is 4.79 Å². The molecular weight excluding hydrogens is 202 g/mol. The van der Waals surface area contributed by atoms with E-state index < -0.39 is 5.97 Å². The van der Waals surface area contributed by atoms with Crippen molar-refractivity contribution in [3.8, 4) is 0 Å². The first-order chi connectivity index (χ1) is 6.65. The molecule has 14 heavy (non-hydrogen) atoms. The van der Waals surface area contributed by atoms with E-state index in [-0.39, 0.29) is 19.1 Å². The van der Waals surface area contributed by atoms with Gasteiger partial charge in [-0.15, -0.1) is 11.3 Å². The maximum Gasteiger partial charge on any atom is 0.350 e. The number of esters is 1. The molecule has 0 spiro atoms. The Balaban J connectivity index is 2.47. The molecule has 0 aromatic carbocycles. The number of anilines is 1. The summed E-state index contributed by atoms with van der Waals surface area (Å²) in [5.74, 6) is -0.460. The fourth-order valence-corrected chi connectivity index (χ4v) is 1.53. The van der Waals surface area contributed by atoms with Crippen LogP contribution in [0.25, 0.3) is 0 Å². The number of aliphatic hydroxyl groups is 1. The second kappa shape index (κ2) is 4.97. The SMILES string of the molecule is CC(CO)COC(=O)c1sccc1N. The molecule has 1 heterocycles. The molecule has 0 amide bonds. The Morgan fingerprint density at radius 2 is 2.50 bits per heavy atom. The van der Waals surface area contributed by atoms with Gasteiger partial charge in [-0.05, 0) is 11.4 Å². The van der Waals surface area contributed by atoms with Gasteiger partial charge in [0, 0.05) is 12.5 Å². The Kier molecular flexibility index (Phi) is 3.91. The average molecular weight is 215 g/mol. The molecule has 1 unspecified atom stereocenters. The van der Waals surface area contributed by atoms with Crippen molar-refractivity contribution in [3.63, 3.8) is 0 Å². The summed E-state index contributed by atoms with van der Waals surface area (Å²) in [5, 5.41) is 10.5. The minimum absolute atomic E-state index is 0.00715. The lowest BCUT2D eigenvalue weighted by atomic mass is 10.2. The highest BCUT2D eigenvalue weighted by atomic mass is 32.1. The van der Waals surface area contributed by atoms with Crippen LogP contribution in [-0.2, 0) is 4.74 Å². The summed E-state index contributed by atoms with van der Waals surface area (Å²) in [7, 11) is 0. The number of thiophene rings is 1. The summed E-state index contributed by atoms with van der Waals surface area (Å²) in [6.07, 6.45) is 0. The third kappa shape index (κ3) is 2.71. The average Bonchev–Trinajstić information content (AvgIpc) is 2.60. The molecule has 0 radical (unpaired) electrons. The van der Waals surface area contributed by atoms with E-state index in [1.807, 2.05) is 0 Å². The molecule has 0 fully saturated rings. The van der Waals surface area contributed by atoms with E-state index in [2.05, 4.69) is 0 Å². The topological polar surface area (TPSA) is 72.5 Å². The summed E-state index contributed by atoms with van der Waals surface area (Å²) in [6.45, 7) is 2.02. The van der Waals surface area contributed by atoms with Gasteiger partial charge in [-0.1, -0.05) is 6.92 Å². The number of carbonyl (C=O) groups is 1. The number of carbonyl (C=O) groups excluding carboxylic acids is 1. The molecule has 3 N–H and O–H groups in total. The molecule has 5 heteroatoms. The van der Waals surface area contributed by atoms with Gasteiger partial charge < -0.3 is 15.6 Å². The van der Waals surface area contributed by atoms with Gasteiger partial charge >= 0.3 is 5.97 Å². The molecule has 1 aromatic heterocycles. The van der Waals surface area contributed by atoms with Crippen LogP contribution in [0.3, 0.4) is 0 Å². The van der Waals surface area contributed by atoms with Crippen LogP contribution in [-0.4, -0.2) is 24.3 Å². The van der Waals surface area contributed by atoms with Crippen molar-refractivity contribution in [2.45, 2.75) is 6.92 Å². The van der Waals surface area contributed by atoms with E-state index in [0.29, 0.717) is 10.6 Å². The summed E-state index contributed by atoms with van der Waals surface area (Å²) < 4.78 is 4.95. The van der Waals surface area contributed by atoms with Crippen LogP contribution in [0.15, 0.2) is 11.4 Å². The van der Waals surface area contributed by atoms with Crippen LogP contribution in [0, 0.1) is 5.92 Å². The van der Waals surface area contributed by atoms with Crippen LogP contribution in [0.2, 0.25) is 0 Å². The predicted octanol–water partition coefficient (Wildman–Crippen LogP) is 1.12. The summed E-state index contributed by atoms with van der Waals surface area (Å²) in [6, 6.07) is 1.66. The number of nitrogen functional groups attached to an aromatic ring is 1. The zero-order valence-corrected chi connectivity index (χ0v) is 8.71. The standard InChI is InChI=1S/C9H13NO3S/c1-6(4-11)5-13-9(12)8-7(10)2-3-14-8/h2-3,6,11H,4-5,10H2,1H3. The fourth-order valence-electron chi connectivity index (χ4n) is 0.821. The lowest BCUT2D eigenvalue weighted by Gasteiger charge is -2.08. The van der Waals surface area contributed by atoms with Crippen molar-refractivity contribution in [2.24, 2.45) is 5.92 Å². The van der Waals surface area contributed by atoms with Gasteiger partial charge in [0.15, 0.2) is 0 Å². The Labute approximate surface area is 86.3 Å². The number of ether oxygens (including phenoxy) is 1. The second-order valence-corrected chi connectivity index (χ2v) is 4.01. The Bertz CT molecular complexity index is 311. The number of nitrogens with two attached hydrogens (primary N) is 1. The lowest BCUT2D eigenvalue weighted by Crippen LogP contribution is -2.14. The minimum atomic E-state index is -0.419. The van der Waals surface area contributed by atoms with Crippen LogP contribution < -0.4 is 5.73 Å². The summed E-state index contributed by atoms with van der Waals surface area (Å²) >= 11 is 1.25. The van der Waals surface area contributed by atoms with Crippen molar-refractivity contribution in [1.29, 1.82) is 0 Å². The quantitative estimate of drug-likeness (QED) is 0.738. The maximum absolute atomic E-state index is 11.4. The van der Waals surface area contributed by atoms with E-state index in [1.165, 1.54) is 11.3 Å². The molecule has 0 aliphatic carbocycles. The fraction of sp³-hybridized carbons (Fsp3) is 0.444. The van der Waals surface area contributed by atoms with Crippen molar-refractivity contribution >= 4 is 23.0 Å². The number of hydrogen-bond acceptors (Lipinski definition) is 5. The molecule has 1 aromatic rings. The Hall–Kier alpha value is -1.07. The van der Waals surface area contributed by atoms with Crippen LogP contribution in [0.4, 0.5) is 5.69 Å². The minimum Gasteiger partial charge on any atom is -0.461 e. The third-order valence-corrected chi connectivity index (χ3v) is 2.60. The van der Waals surface area contributed by atoms with Crippen molar-refractivity contribution in [2.75, 3.05) is 18.9 Å². The first kappa shape index (κ1) is 11.0. The first-order valence-electron chi connectivity index (χ1n) is 4.26. The smallest absolute Gasteiger partial charge is 0.350 e. The van der Waals surface area contributed by atoms with Crippen molar-refractivity contribution < 1.29 is 14.6 Å². The highest BCUT2D eigenvalue weighted by Gasteiger charge is 2.13. The van der Waals surface area contributed by atoms with Gasteiger partial charge in [-0.3, -0.25) is 0 Å². The Morgan fingerprint density at radius 1 is 1.79 bits per heavy atom. The van der Waals surface area contributed by atoms with E-state index in [4.69, 9.17) is 15.6 Å². The number of aliphatic hydroxyl groups excluding tert-OH is 1. The largest absolute Gasteiger partial charge is 0.461 e. The molecule has 0 saturated heterocycles. The highest BCUT2D eigenvalue weighted by Crippen LogP contribution is 2.19. The maximum atomic E-state index is 11.4. The first-order valence-corrected chi connectivity index (χ1v) is 5.14. The van der Waals surface area contributed by atoms with Gasteiger partial charge in [0.2, 0.25) is 0 Å². The van der Waals surface area contributed by atoms with Gasteiger partial charge in [-0.2, -0.15) is 0 Å². The molecule has 0 aliphatic heterocycles. The van der Waals surface area contributed by atoms with Gasteiger partial charge in [0.25, 0.3) is 0 Å². The second-order valence-electron chi connectivity index (χ2n) is 3.09. The van der Waals surface area contributed by atoms with Crippen molar-refractivity contribution in [3.05, 3.63) is 16.3 Å².